The van der Waals surface area contributed by atoms with Crippen LogP contribution in [-0.2, 0) is 16.1 Å². The van der Waals surface area contributed by atoms with Crippen molar-refractivity contribution in [1.29, 1.82) is 0 Å². The standard InChI is InChI=1S/C22H36N4O3/c1-17-9-10-18(20(15-17)29-14-6-13-28-3)16-25-22(23-2)24-12-11-21(27)26-19-7-4-5-8-19/h9-10,15,19H,4-8,11-14,16H2,1-3H3,(H,26,27)(H2,23,24,25). The fraction of sp³-hybridized carbons (Fsp3) is 0.636. The van der Waals surface area contributed by atoms with Gasteiger partial charge in [-0.1, -0.05) is 25.0 Å². The van der Waals surface area contributed by atoms with Gasteiger partial charge in [-0.05, 0) is 31.4 Å². The van der Waals surface area contributed by atoms with Crippen molar-refractivity contribution in [3.63, 3.8) is 0 Å². The number of rotatable bonds is 11. The van der Waals surface area contributed by atoms with Crippen molar-refractivity contribution >= 4 is 11.9 Å². The van der Waals surface area contributed by atoms with Gasteiger partial charge in [-0.25, -0.2) is 0 Å². The minimum atomic E-state index is 0.102. The van der Waals surface area contributed by atoms with Crippen LogP contribution in [0.4, 0.5) is 0 Å². The summed E-state index contributed by atoms with van der Waals surface area (Å²) in [7, 11) is 3.42. The molecular weight excluding hydrogens is 368 g/mol. The molecule has 7 nitrogen and oxygen atoms in total. The van der Waals surface area contributed by atoms with E-state index in [1.807, 2.05) is 6.07 Å². The molecule has 1 aromatic carbocycles. The number of amides is 1. The van der Waals surface area contributed by atoms with Gasteiger partial charge in [0.2, 0.25) is 5.91 Å². The van der Waals surface area contributed by atoms with Crippen LogP contribution in [0.5, 0.6) is 5.75 Å². The average Bonchev–Trinajstić information content (AvgIpc) is 3.22. The Morgan fingerprint density at radius 3 is 2.72 bits per heavy atom. The first-order valence-corrected chi connectivity index (χ1v) is 10.6. The molecular formula is C22H36N4O3. The van der Waals surface area contributed by atoms with Crippen LogP contribution in [-0.4, -0.2) is 51.8 Å². The summed E-state index contributed by atoms with van der Waals surface area (Å²) < 4.78 is 11.0. The molecule has 1 aliphatic rings. The van der Waals surface area contributed by atoms with Crippen molar-refractivity contribution in [3.05, 3.63) is 29.3 Å². The van der Waals surface area contributed by atoms with Gasteiger partial charge in [-0.15, -0.1) is 0 Å². The molecule has 1 saturated carbocycles. The molecule has 1 amide bonds. The van der Waals surface area contributed by atoms with Gasteiger partial charge >= 0.3 is 0 Å². The van der Waals surface area contributed by atoms with Crippen LogP contribution in [0.3, 0.4) is 0 Å². The Labute approximate surface area is 174 Å². The number of guanidine groups is 1. The average molecular weight is 405 g/mol. The normalized spacial score (nSPS) is 14.7. The topological polar surface area (TPSA) is 84.0 Å². The van der Waals surface area contributed by atoms with Crippen LogP contribution in [0.2, 0.25) is 0 Å². The summed E-state index contributed by atoms with van der Waals surface area (Å²) in [4.78, 5) is 16.3. The molecule has 0 saturated heterocycles. The highest BCUT2D eigenvalue weighted by Gasteiger charge is 2.16. The van der Waals surface area contributed by atoms with E-state index in [1.165, 1.54) is 12.8 Å². The van der Waals surface area contributed by atoms with Gasteiger partial charge in [0, 0.05) is 58.3 Å². The van der Waals surface area contributed by atoms with Gasteiger partial charge in [0.25, 0.3) is 0 Å². The van der Waals surface area contributed by atoms with Crippen LogP contribution in [0.1, 0.15) is 49.7 Å². The maximum absolute atomic E-state index is 12.0. The first-order valence-electron chi connectivity index (χ1n) is 10.6. The summed E-state index contributed by atoms with van der Waals surface area (Å²) in [6.07, 6.45) is 5.94. The van der Waals surface area contributed by atoms with E-state index in [-0.39, 0.29) is 5.91 Å². The molecule has 0 bridgehead atoms. The molecule has 1 aromatic rings. The van der Waals surface area contributed by atoms with Crippen molar-refractivity contribution in [1.82, 2.24) is 16.0 Å². The molecule has 162 valence electrons. The van der Waals surface area contributed by atoms with Gasteiger partial charge in [0.05, 0.1) is 6.61 Å². The summed E-state index contributed by atoms with van der Waals surface area (Å²) in [5.74, 6) is 1.65. The van der Waals surface area contributed by atoms with Crippen molar-refractivity contribution < 1.29 is 14.3 Å². The number of nitrogens with zero attached hydrogens (tertiary/aromatic N) is 1. The molecule has 1 fully saturated rings. The fourth-order valence-corrected chi connectivity index (χ4v) is 3.39. The molecule has 0 radical (unpaired) electrons. The Balaban J connectivity index is 1.75. The number of nitrogens with one attached hydrogen (secondary N) is 3. The van der Waals surface area contributed by atoms with E-state index in [9.17, 15) is 4.79 Å². The van der Waals surface area contributed by atoms with E-state index < -0.39 is 0 Å². The second-order valence-electron chi connectivity index (χ2n) is 7.46. The smallest absolute Gasteiger partial charge is 0.221 e. The second-order valence-corrected chi connectivity index (χ2v) is 7.46. The maximum atomic E-state index is 12.0. The van der Waals surface area contributed by atoms with Crippen LogP contribution in [0.15, 0.2) is 23.2 Å². The minimum Gasteiger partial charge on any atom is -0.493 e. The Bertz CT molecular complexity index is 657. The summed E-state index contributed by atoms with van der Waals surface area (Å²) in [5.41, 5.74) is 2.22. The highest BCUT2D eigenvalue weighted by molar-refractivity contribution is 5.81. The first kappa shape index (κ1) is 23.0. The number of hydrogen-bond acceptors (Lipinski definition) is 4. The van der Waals surface area contributed by atoms with E-state index in [4.69, 9.17) is 9.47 Å². The van der Waals surface area contributed by atoms with Crippen LogP contribution >= 0.6 is 0 Å². The van der Waals surface area contributed by atoms with Gasteiger partial charge in [0.15, 0.2) is 5.96 Å². The lowest BCUT2D eigenvalue weighted by atomic mass is 10.1. The van der Waals surface area contributed by atoms with Crippen LogP contribution < -0.4 is 20.7 Å². The Kier molecular flexibility index (Phi) is 10.3. The van der Waals surface area contributed by atoms with E-state index in [1.54, 1.807) is 14.2 Å². The van der Waals surface area contributed by atoms with Crippen molar-refractivity contribution in [2.45, 2.75) is 58.0 Å². The lowest BCUT2D eigenvalue weighted by Gasteiger charge is -2.16. The lowest BCUT2D eigenvalue weighted by molar-refractivity contribution is -0.121. The summed E-state index contributed by atoms with van der Waals surface area (Å²) >= 11 is 0. The SMILES string of the molecule is CN=C(NCCC(=O)NC1CCCC1)NCc1ccc(C)cc1OCCCOC. The predicted octanol–water partition coefficient (Wildman–Crippen LogP) is 2.52. The quantitative estimate of drug-likeness (QED) is 0.300. The first-order chi connectivity index (χ1) is 14.1. The zero-order chi connectivity index (χ0) is 20.9. The number of methoxy groups -OCH3 is 1. The summed E-state index contributed by atoms with van der Waals surface area (Å²) in [6, 6.07) is 6.55. The number of carbonyl (C=O) groups is 1. The number of ether oxygens (including phenoxy) is 2. The van der Waals surface area contributed by atoms with Crippen molar-refractivity contribution in [3.8, 4) is 5.75 Å². The molecule has 0 unspecified atom stereocenters. The highest BCUT2D eigenvalue weighted by Crippen LogP contribution is 2.20. The highest BCUT2D eigenvalue weighted by atomic mass is 16.5. The van der Waals surface area contributed by atoms with Crippen molar-refractivity contribution in [2.24, 2.45) is 4.99 Å². The molecule has 29 heavy (non-hydrogen) atoms. The maximum Gasteiger partial charge on any atom is 0.221 e. The van der Waals surface area contributed by atoms with Crippen LogP contribution in [0.25, 0.3) is 0 Å². The van der Waals surface area contributed by atoms with Gasteiger partial charge in [0.1, 0.15) is 5.75 Å². The molecule has 0 aliphatic heterocycles. The molecule has 0 spiro atoms. The van der Waals surface area contributed by atoms with Crippen molar-refractivity contribution in [2.75, 3.05) is 33.9 Å². The fourth-order valence-electron chi connectivity index (χ4n) is 3.39. The zero-order valence-electron chi connectivity index (χ0n) is 18.1. The third-order valence-corrected chi connectivity index (χ3v) is 5.01. The third kappa shape index (κ3) is 8.73. The lowest BCUT2D eigenvalue weighted by Crippen LogP contribution is -2.40. The van der Waals surface area contributed by atoms with Crippen LogP contribution in [0, 0.1) is 6.92 Å². The number of aliphatic imine (C=N–C) groups is 1. The molecule has 1 aliphatic carbocycles. The largest absolute Gasteiger partial charge is 0.493 e. The van der Waals surface area contributed by atoms with Gasteiger partial charge in [-0.2, -0.15) is 0 Å². The summed E-state index contributed by atoms with van der Waals surface area (Å²) in [6.45, 7) is 4.49. The number of aryl methyl sites for hydroxylation is 1. The number of hydrogen-bond donors (Lipinski definition) is 3. The molecule has 0 aromatic heterocycles. The predicted molar refractivity (Wildman–Crippen MR) is 116 cm³/mol. The zero-order valence-corrected chi connectivity index (χ0v) is 18.1. The number of carbonyl (C=O) groups excluding carboxylic acids is 1. The minimum absolute atomic E-state index is 0.102. The summed E-state index contributed by atoms with van der Waals surface area (Å²) in [5, 5.41) is 9.61. The second kappa shape index (κ2) is 13.0. The molecule has 3 N–H and O–H groups in total. The third-order valence-electron chi connectivity index (χ3n) is 5.01. The van der Waals surface area contributed by atoms with Gasteiger partial charge in [-0.3, -0.25) is 9.79 Å². The van der Waals surface area contributed by atoms with Gasteiger partial charge < -0.3 is 25.4 Å². The number of benzene rings is 1. The molecule has 2 rings (SSSR count). The monoisotopic (exact) mass is 404 g/mol. The Morgan fingerprint density at radius 2 is 2.00 bits per heavy atom. The van der Waals surface area contributed by atoms with E-state index >= 15 is 0 Å². The Hall–Kier alpha value is -2.28. The van der Waals surface area contributed by atoms with E-state index in [0.717, 1.165) is 36.1 Å². The van der Waals surface area contributed by atoms with E-state index in [2.05, 4.69) is 40.0 Å². The molecule has 0 atom stereocenters. The molecule has 0 heterocycles. The molecule has 7 heteroatoms. The van der Waals surface area contributed by atoms with E-state index in [0.29, 0.717) is 44.7 Å². The Morgan fingerprint density at radius 1 is 1.21 bits per heavy atom.